The number of hydrogen-bond donors (Lipinski definition) is 3. The van der Waals surface area contributed by atoms with Crippen LogP contribution in [-0.2, 0) is 14.8 Å². The fraction of sp³-hybridized carbons (Fsp3) is 0.0435. The molecule has 3 aromatic carbocycles. The molecule has 32 heavy (non-hydrogen) atoms. The van der Waals surface area contributed by atoms with E-state index >= 15 is 0 Å². The molecule has 0 atom stereocenters. The molecule has 0 spiro atoms. The second-order valence-corrected chi connectivity index (χ2v) is 8.89. The number of rotatable bonds is 6. The van der Waals surface area contributed by atoms with Gasteiger partial charge in [0.1, 0.15) is 5.70 Å². The van der Waals surface area contributed by atoms with Crippen molar-refractivity contribution in [2.75, 3.05) is 5.32 Å². The number of halogens is 1. The summed E-state index contributed by atoms with van der Waals surface area (Å²) in [6.45, 7) is 1.90. The number of anilines is 1. The zero-order valence-electron chi connectivity index (χ0n) is 17.0. The summed E-state index contributed by atoms with van der Waals surface area (Å²) in [7, 11) is -3.86. The molecule has 164 valence electrons. The van der Waals surface area contributed by atoms with Gasteiger partial charge >= 0.3 is 0 Å². The summed E-state index contributed by atoms with van der Waals surface area (Å²) in [5.41, 5.74) is 2.18. The first-order valence-corrected chi connectivity index (χ1v) is 11.3. The Kier molecular flexibility index (Phi) is 7.09. The van der Waals surface area contributed by atoms with Gasteiger partial charge in [-0.3, -0.25) is 9.59 Å². The molecular formula is C23H20ClN3O4S. The third-order valence-corrected chi connectivity index (χ3v) is 5.73. The minimum Gasteiger partial charge on any atom is -0.321 e. The van der Waals surface area contributed by atoms with Crippen molar-refractivity contribution in [3.05, 3.63) is 100 Å². The molecule has 0 aromatic heterocycles. The van der Waals surface area contributed by atoms with Gasteiger partial charge in [0.2, 0.25) is 10.0 Å². The summed E-state index contributed by atoms with van der Waals surface area (Å²) in [5.74, 6) is -1.09. The van der Waals surface area contributed by atoms with Crippen molar-refractivity contribution in [1.29, 1.82) is 0 Å². The van der Waals surface area contributed by atoms with E-state index in [1.165, 1.54) is 30.3 Å². The minimum absolute atomic E-state index is 0.0424. The Morgan fingerprint density at radius 1 is 0.938 bits per heavy atom. The van der Waals surface area contributed by atoms with Gasteiger partial charge in [0, 0.05) is 16.3 Å². The lowest BCUT2D eigenvalue weighted by Gasteiger charge is -2.12. The highest BCUT2D eigenvalue weighted by Gasteiger charge is 2.16. The molecule has 0 fully saturated rings. The second-order valence-electron chi connectivity index (χ2n) is 6.92. The molecule has 0 saturated heterocycles. The van der Waals surface area contributed by atoms with Gasteiger partial charge in [-0.2, -0.15) is 0 Å². The van der Waals surface area contributed by atoms with Crippen LogP contribution in [0, 0.1) is 6.92 Å². The van der Waals surface area contributed by atoms with Crippen LogP contribution in [0.5, 0.6) is 0 Å². The third kappa shape index (κ3) is 6.04. The fourth-order valence-corrected chi connectivity index (χ4v) is 3.44. The Hall–Kier alpha value is -3.46. The highest BCUT2D eigenvalue weighted by molar-refractivity contribution is 7.89. The molecule has 0 radical (unpaired) electrons. The third-order valence-electron chi connectivity index (χ3n) is 4.45. The highest BCUT2D eigenvalue weighted by atomic mass is 35.5. The molecule has 3 rings (SSSR count). The van der Waals surface area contributed by atoms with E-state index in [9.17, 15) is 18.0 Å². The van der Waals surface area contributed by atoms with Gasteiger partial charge in [-0.1, -0.05) is 47.5 Å². The molecule has 0 bridgehead atoms. The normalized spacial score (nSPS) is 11.7. The van der Waals surface area contributed by atoms with E-state index in [1.807, 2.05) is 6.92 Å². The molecule has 2 amide bonds. The minimum atomic E-state index is -3.86. The summed E-state index contributed by atoms with van der Waals surface area (Å²) in [6, 6.07) is 19.1. The lowest BCUT2D eigenvalue weighted by Crippen LogP contribution is -2.30. The van der Waals surface area contributed by atoms with Crippen LogP contribution in [0.2, 0.25) is 5.02 Å². The number of aryl methyl sites for hydroxylation is 1. The van der Waals surface area contributed by atoms with E-state index in [2.05, 4.69) is 10.6 Å². The Labute approximate surface area is 191 Å². The number of hydrogen-bond acceptors (Lipinski definition) is 4. The standard InChI is InChI=1S/C23H20ClN3O4S/c1-15-6-8-16(9-7-15)22(28)27-21(14-17-4-2-3-5-20(17)24)23(29)26-18-10-12-19(13-11-18)32(25,30)31/h2-14H,1H3,(H,26,29)(H,27,28)(H2,25,30,31). The molecule has 0 aliphatic rings. The lowest BCUT2D eigenvalue weighted by atomic mass is 10.1. The van der Waals surface area contributed by atoms with Crippen LogP contribution in [0.1, 0.15) is 21.5 Å². The SMILES string of the molecule is Cc1ccc(C(=O)NC(=Cc2ccccc2Cl)C(=O)Nc2ccc(S(N)(=O)=O)cc2)cc1. The number of primary sulfonamides is 1. The van der Waals surface area contributed by atoms with Gasteiger partial charge in [0.25, 0.3) is 11.8 Å². The van der Waals surface area contributed by atoms with Crippen molar-refractivity contribution < 1.29 is 18.0 Å². The Morgan fingerprint density at radius 3 is 2.16 bits per heavy atom. The lowest BCUT2D eigenvalue weighted by molar-refractivity contribution is -0.113. The molecule has 7 nitrogen and oxygen atoms in total. The maximum absolute atomic E-state index is 13.0. The number of carbonyl (C=O) groups excluding carboxylic acids is 2. The predicted molar refractivity (Wildman–Crippen MR) is 125 cm³/mol. The van der Waals surface area contributed by atoms with E-state index in [1.54, 1.807) is 48.5 Å². The summed E-state index contributed by atoms with van der Waals surface area (Å²) in [5, 5.41) is 10.7. The molecule has 0 heterocycles. The van der Waals surface area contributed by atoms with E-state index in [4.69, 9.17) is 16.7 Å². The van der Waals surface area contributed by atoms with Crippen LogP contribution in [0.4, 0.5) is 5.69 Å². The topological polar surface area (TPSA) is 118 Å². The second kappa shape index (κ2) is 9.78. The predicted octanol–water partition coefficient (Wildman–Crippen LogP) is 3.71. The maximum atomic E-state index is 13.0. The van der Waals surface area contributed by atoms with Crippen molar-refractivity contribution in [3.8, 4) is 0 Å². The Bertz CT molecular complexity index is 1290. The number of sulfonamides is 1. The van der Waals surface area contributed by atoms with Crippen molar-refractivity contribution >= 4 is 45.2 Å². The smallest absolute Gasteiger partial charge is 0.272 e. The fourth-order valence-electron chi connectivity index (χ4n) is 2.73. The number of benzene rings is 3. The van der Waals surface area contributed by atoms with Crippen LogP contribution in [0.15, 0.2) is 83.4 Å². The number of nitrogens with one attached hydrogen (secondary N) is 2. The van der Waals surface area contributed by atoms with E-state index in [0.29, 0.717) is 21.8 Å². The molecule has 3 aromatic rings. The summed E-state index contributed by atoms with van der Waals surface area (Å²) < 4.78 is 22.8. The first-order chi connectivity index (χ1) is 15.1. The van der Waals surface area contributed by atoms with Crippen LogP contribution in [0.3, 0.4) is 0 Å². The first kappa shape index (κ1) is 23.2. The quantitative estimate of drug-likeness (QED) is 0.477. The van der Waals surface area contributed by atoms with Crippen LogP contribution >= 0.6 is 11.6 Å². The Morgan fingerprint density at radius 2 is 1.56 bits per heavy atom. The Balaban J connectivity index is 1.89. The van der Waals surface area contributed by atoms with Crippen LogP contribution in [0.25, 0.3) is 6.08 Å². The zero-order valence-corrected chi connectivity index (χ0v) is 18.6. The van der Waals surface area contributed by atoms with Crippen molar-refractivity contribution in [3.63, 3.8) is 0 Å². The van der Waals surface area contributed by atoms with E-state index in [-0.39, 0.29) is 10.6 Å². The van der Waals surface area contributed by atoms with Gasteiger partial charge < -0.3 is 10.6 Å². The number of nitrogens with two attached hydrogens (primary N) is 1. The summed E-state index contributed by atoms with van der Waals surface area (Å²) in [6.07, 6.45) is 1.46. The average molecular weight is 470 g/mol. The molecule has 0 unspecified atom stereocenters. The van der Waals surface area contributed by atoms with Gasteiger partial charge in [-0.25, -0.2) is 13.6 Å². The number of carbonyl (C=O) groups is 2. The summed E-state index contributed by atoms with van der Waals surface area (Å²) >= 11 is 6.21. The molecule has 4 N–H and O–H groups in total. The number of amides is 2. The van der Waals surface area contributed by atoms with E-state index < -0.39 is 21.8 Å². The summed E-state index contributed by atoms with van der Waals surface area (Å²) in [4.78, 5) is 25.6. The monoisotopic (exact) mass is 469 g/mol. The van der Waals surface area contributed by atoms with Gasteiger partial charge in [0.05, 0.1) is 4.90 Å². The maximum Gasteiger partial charge on any atom is 0.272 e. The van der Waals surface area contributed by atoms with Crippen molar-refractivity contribution in [2.24, 2.45) is 5.14 Å². The average Bonchev–Trinajstić information content (AvgIpc) is 2.75. The van der Waals surface area contributed by atoms with Crippen molar-refractivity contribution in [1.82, 2.24) is 5.32 Å². The molecule has 0 aliphatic carbocycles. The molecule has 0 saturated carbocycles. The highest BCUT2D eigenvalue weighted by Crippen LogP contribution is 2.19. The molecule has 9 heteroatoms. The van der Waals surface area contributed by atoms with Crippen molar-refractivity contribution in [2.45, 2.75) is 11.8 Å². The molecular weight excluding hydrogens is 450 g/mol. The van der Waals surface area contributed by atoms with Gasteiger partial charge in [-0.05, 0) is 61.0 Å². The van der Waals surface area contributed by atoms with Gasteiger partial charge in [0.15, 0.2) is 0 Å². The largest absolute Gasteiger partial charge is 0.321 e. The van der Waals surface area contributed by atoms with E-state index in [0.717, 1.165) is 5.56 Å². The molecule has 0 aliphatic heterocycles. The zero-order chi connectivity index (χ0) is 23.3. The van der Waals surface area contributed by atoms with Crippen LogP contribution in [-0.4, -0.2) is 20.2 Å². The van der Waals surface area contributed by atoms with Gasteiger partial charge in [-0.15, -0.1) is 0 Å². The first-order valence-electron chi connectivity index (χ1n) is 9.42. The van der Waals surface area contributed by atoms with Crippen LogP contribution < -0.4 is 15.8 Å².